The summed E-state index contributed by atoms with van der Waals surface area (Å²) in [5.41, 5.74) is -0.548. The second kappa shape index (κ2) is 3.17. The van der Waals surface area contributed by atoms with E-state index in [1.807, 2.05) is 6.92 Å². The maximum Gasteiger partial charge on any atom is 0.151 e. The number of sulfone groups is 1. The van der Waals surface area contributed by atoms with Crippen molar-refractivity contribution in [1.82, 2.24) is 0 Å². The minimum Gasteiger partial charge on any atom is -0.303 e. The SMILES string of the molecule is CCCC1(C=O)CCS(=O)(=O)C1. The molecule has 0 aromatic rings. The number of aldehydes is 1. The van der Waals surface area contributed by atoms with E-state index in [1.54, 1.807) is 0 Å². The fourth-order valence-corrected chi connectivity index (χ4v) is 3.88. The van der Waals surface area contributed by atoms with Crippen LogP contribution in [0.25, 0.3) is 0 Å². The van der Waals surface area contributed by atoms with Gasteiger partial charge in [-0.3, -0.25) is 0 Å². The van der Waals surface area contributed by atoms with E-state index in [0.29, 0.717) is 12.8 Å². The summed E-state index contributed by atoms with van der Waals surface area (Å²) in [6.45, 7) is 1.97. The molecule has 1 aliphatic heterocycles. The van der Waals surface area contributed by atoms with Crippen molar-refractivity contribution in [1.29, 1.82) is 0 Å². The van der Waals surface area contributed by atoms with E-state index in [1.165, 1.54) is 0 Å². The molecule has 4 heteroatoms. The van der Waals surface area contributed by atoms with Crippen LogP contribution in [0.4, 0.5) is 0 Å². The fraction of sp³-hybridized carbons (Fsp3) is 0.875. The first-order valence-corrected chi connectivity index (χ1v) is 6.02. The van der Waals surface area contributed by atoms with E-state index in [4.69, 9.17) is 0 Å². The summed E-state index contributed by atoms with van der Waals surface area (Å²) < 4.78 is 22.2. The molecule has 0 spiro atoms. The van der Waals surface area contributed by atoms with Crippen molar-refractivity contribution in [2.75, 3.05) is 11.5 Å². The van der Waals surface area contributed by atoms with Crippen LogP contribution in [-0.4, -0.2) is 26.2 Å². The topological polar surface area (TPSA) is 51.2 Å². The molecule has 12 heavy (non-hydrogen) atoms. The summed E-state index contributed by atoms with van der Waals surface area (Å²) in [6.07, 6.45) is 2.93. The lowest BCUT2D eigenvalue weighted by atomic mass is 9.85. The Morgan fingerprint density at radius 2 is 2.17 bits per heavy atom. The van der Waals surface area contributed by atoms with E-state index in [0.717, 1.165) is 12.7 Å². The summed E-state index contributed by atoms with van der Waals surface area (Å²) in [7, 11) is -2.92. The van der Waals surface area contributed by atoms with Gasteiger partial charge in [0.1, 0.15) is 6.29 Å². The molecular formula is C8H14O3S. The van der Waals surface area contributed by atoms with Crippen molar-refractivity contribution >= 4 is 16.1 Å². The molecule has 0 aromatic carbocycles. The largest absolute Gasteiger partial charge is 0.303 e. The molecule has 0 aromatic heterocycles. The third-order valence-electron chi connectivity index (χ3n) is 2.42. The number of carbonyl (C=O) groups excluding carboxylic acids is 1. The number of hydrogen-bond acceptors (Lipinski definition) is 3. The highest BCUT2D eigenvalue weighted by molar-refractivity contribution is 7.91. The van der Waals surface area contributed by atoms with Gasteiger partial charge in [-0.25, -0.2) is 8.42 Å². The predicted molar refractivity (Wildman–Crippen MR) is 46.7 cm³/mol. The lowest BCUT2D eigenvalue weighted by Crippen LogP contribution is -2.23. The van der Waals surface area contributed by atoms with Crippen molar-refractivity contribution in [2.24, 2.45) is 5.41 Å². The van der Waals surface area contributed by atoms with Crippen LogP contribution in [0, 0.1) is 5.41 Å². The molecule has 1 aliphatic rings. The lowest BCUT2D eigenvalue weighted by molar-refractivity contribution is -0.115. The van der Waals surface area contributed by atoms with Crippen LogP contribution in [0.1, 0.15) is 26.2 Å². The van der Waals surface area contributed by atoms with Gasteiger partial charge >= 0.3 is 0 Å². The van der Waals surface area contributed by atoms with Crippen molar-refractivity contribution in [3.8, 4) is 0 Å². The summed E-state index contributed by atoms with van der Waals surface area (Å²) in [5.74, 6) is 0.253. The van der Waals surface area contributed by atoms with E-state index in [9.17, 15) is 13.2 Å². The standard InChI is InChI=1S/C8H14O3S/c1-2-3-8(6-9)4-5-12(10,11)7-8/h6H,2-5,7H2,1H3. The van der Waals surface area contributed by atoms with Crippen LogP contribution in [0.15, 0.2) is 0 Å². The molecular weight excluding hydrogens is 176 g/mol. The van der Waals surface area contributed by atoms with Crippen molar-refractivity contribution in [3.63, 3.8) is 0 Å². The average molecular weight is 190 g/mol. The van der Waals surface area contributed by atoms with Crippen molar-refractivity contribution < 1.29 is 13.2 Å². The van der Waals surface area contributed by atoms with Crippen LogP contribution in [0.3, 0.4) is 0 Å². The second-order valence-corrected chi connectivity index (χ2v) is 5.76. The Balaban J connectivity index is 2.79. The quantitative estimate of drug-likeness (QED) is 0.618. The maximum absolute atomic E-state index is 11.1. The summed E-state index contributed by atoms with van der Waals surface area (Å²) >= 11 is 0. The van der Waals surface area contributed by atoms with Gasteiger partial charge in [0.25, 0.3) is 0 Å². The third kappa shape index (κ3) is 1.86. The third-order valence-corrected chi connectivity index (χ3v) is 4.26. The Labute approximate surface area is 73.1 Å². The normalized spacial score (nSPS) is 33.4. The molecule has 0 saturated carbocycles. The zero-order valence-electron chi connectivity index (χ0n) is 7.25. The maximum atomic E-state index is 11.1. The molecule has 1 heterocycles. The first kappa shape index (κ1) is 9.71. The molecule has 1 rings (SSSR count). The highest BCUT2D eigenvalue weighted by Crippen LogP contribution is 2.34. The van der Waals surface area contributed by atoms with Crippen LogP contribution >= 0.6 is 0 Å². The highest BCUT2D eigenvalue weighted by Gasteiger charge is 2.41. The van der Waals surface area contributed by atoms with Gasteiger partial charge in [-0.2, -0.15) is 0 Å². The number of carbonyl (C=O) groups is 1. The Morgan fingerprint density at radius 1 is 1.50 bits per heavy atom. The van der Waals surface area contributed by atoms with Gasteiger partial charge in [0.15, 0.2) is 9.84 Å². The summed E-state index contributed by atoms with van der Waals surface area (Å²) in [4.78, 5) is 10.7. The molecule has 70 valence electrons. The fourth-order valence-electron chi connectivity index (χ4n) is 1.79. The van der Waals surface area contributed by atoms with Gasteiger partial charge in [-0.1, -0.05) is 13.3 Å². The van der Waals surface area contributed by atoms with Gasteiger partial charge in [-0.15, -0.1) is 0 Å². The van der Waals surface area contributed by atoms with E-state index < -0.39 is 15.3 Å². The highest BCUT2D eigenvalue weighted by atomic mass is 32.2. The summed E-state index contributed by atoms with van der Waals surface area (Å²) in [5, 5.41) is 0. The molecule has 0 aliphatic carbocycles. The zero-order valence-corrected chi connectivity index (χ0v) is 8.06. The predicted octanol–water partition coefficient (Wildman–Crippen LogP) is 0.790. The van der Waals surface area contributed by atoms with E-state index >= 15 is 0 Å². The van der Waals surface area contributed by atoms with Gasteiger partial charge in [0.2, 0.25) is 0 Å². The average Bonchev–Trinajstić information content (AvgIpc) is 2.29. The zero-order chi connectivity index (χ0) is 9.24. The van der Waals surface area contributed by atoms with E-state index in [2.05, 4.69) is 0 Å². The molecule has 3 nitrogen and oxygen atoms in total. The molecule has 1 fully saturated rings. The van der Waals surface area contributed by atoms with Crippen molar-refractivity contribution in [2.45, 2.75) is 26.2 Å². The molecule has 0 amide bonds. The number of hydrogen-bond donors (Lipinski definition) is 0. The Kier molecular flexibility index (Phi) is 2.56. The lowest BCUT2D eigenvalue weighted by Gasteiger charge is -2.18. The van der Waals surface area contributed by atoms with Crippen molar-refractivity contribution in [3.05, 3.63) is 0 Å². The second-order valence-electron chi connectivity index (χ2n) is 3.57. The van der Waals surface area contributed by atoms with Gasteiger partial charge in [-0.05, 0) is 12.8 Å². The first-order chi connectivity index (χ1) is 5.54. The minimum atomic E-state index is -2.92. The molecule has 0 bridgehead atoms. The first-order valence-electron chi connectivity index (χ1n) is 4.20. The molecule has 1 unspecified atom stereocenters. The Hall–Kier alpha value is -0.380. The van der Waals surface area contributed by atoms with Crippen LogP contribution in [-0.2, 0) is 14.6 Å². The molecule has 0 N–H and O–H groups in total. The monoisotopic (exact) mass is 190 g/mol. The van der Waals surface area contributed by atoms with Gasteiger partial charge < -0.3 is 4.79 Å². The van der Waals surface area contributed by atoms with Gasteiger partial charge in [0.05, 0.1) is 11.5 Å². The van der Waals surface area contributed by atoms with Crippen LogP contribution < -0.4 is 0 Å². The molecule has 1 saturated heterocycles. The Bertz CT molecular complexity index is 268. The minimum absolute atomic E-state index is 0.0668. The molecule has 0 radical (unpaired) electrons. The Morgan fingerprint density at radius 3 is 2.50 bits per heavy atom. The van der Waals surface area contributed by atoms with Crippen LogP contribution in [0.2, 0.25) is 0 Å². The smallest absolute Gasteiger partial charge is 0.151 e. The van der Waals surface area contributed by atoms with Crippen LogP contribution in [0.5, 0.6) is 0 Å². The number of rotatable bonds is 3. The summed E-state index contributed by atoms with van der Waals surface area (Å²) in [6, 6.07) is 0. The van der Waals surface area contributed by atoms with E-state index in [-0.39, 0.29) is 11.5 Å². The van der Waals surface area contributed by atoms with Gasteiger partial charge in [0, 0.05) is 5.41 Å². The molecule has 1 atom stereocenters.